The van der Waals surface area contributed by atoms with E-state index in [1.807, 2.05) is 6.20 Å². The summed E-state index contributed by atoms with van der Waals surface area (Å²) in [6.07, 6.45) is 6.22. The second kappa shape index (κ2) is 8.29. The predicted octanol–water partition coefficient (Wildman–Crippen LogP) is 3.29. The number of rotatable bonds is 4. The Kier molecular flexibility index (Phi) is 5.13. The van der Waals surface area contributed by atoms with Gasteiger partial charge in [0.2, 0.25) is 0 Å². The molecule has 10 heteroatoms. The molecular weight excluding hydrogens is 503 g/mol. The van der Waals surface area contributed by atoms with E-state index in [4.69, 9.17) is 10.5 Å². The number of likely N-dealkylation sites (tertiary alicyclic amines) is 1. The van der Waals surface area contributed by atoms with Crippen LogP contribution >= 0.6 is 0 Å². The second-order valence-corrected chi connectivity index (χ2v) is 11.4. The van der Waals surface area contributed by atoms with Crippen molar-refractivity contribution >= 4 is 11.7 Å². The van der Waals surface area contributed by atoms with Crippen LogP contribution < -0.4 is 5.73 Å². The number of phenols is 1. The largest absolute Gasteiger partial charge is 0.511 e. The molecule has 0 bridgehead atoms. The van der Waals surface area contributed by atoms with E-state index < -0.39 is 23.1 Å². The first-order chi connectivity index (χ1) is 18.7. The number of hydrogen-bond acceptors (Lipinski definition) is 7. The first-order valence-electron chi connectivity index (χ1n) is 13.4. The smallest absolute Gasteiger partial charge is 0.252 e. The molecule has 39 heavy (non-hydrogen) atoms. The van der Waals surface area contributed by atoms with Crippen LogP contribution in [0.25, 0.3) is 0 Å². The summed E-state index contributed by atoms with van der Waals surface area (Å²) in [5, 5.41) is 21.5. The number of aromatic nitrogens is 2. The van der Waals surface area contributed by atoms with Crippen molar-refractivity contribution < 1.29 is 28.9 Å². The van der Waals surface area contributed by atoms with Gasteiger partial charge in [0, 0.05) is 59.5 Å². The molecule has 3 heterocycles. The van der Waals surface area contributed by atoms with Crippen molar-refractivity contribution in [3.05, 3.63) is 81.6 Å². The molecule has 3 atom stereocenters. The highest BCUT2D eigenvalue weighted by molar-refractivity contribution is 6.14. The second-order valence-electron chi connectivity index (χ2n) is 11.4. The van der Waals surface area contributed by atoms with Gasteiger partial charge in [-0.15, -0.1) is 0 Å². The van der Waals surface area contributed by atoms with Gasteiger partial charge in [0.05, 0.1) is 11.1 Å². The fourth-order valence-electron chi connectivity index (χ4n) is 7.41. The van der Waals surface area contributed by atoms with Crippen molar-refractivity contribution in [3.8, 4) is 5.75 Å². The third-order valence-electron chi connectivity index (χ3n) is 9.31. The number of carbonyl (C=O) groups excluding carboxylic acids is 2. The third-order valence-corrected chi connectivity index (χ3v) is 9.31. The summed E-state index contributed by atoms with van der Waals surface area (Å²) in [6.45, 7) is 5.87. The number of epoxide rings is 1. The summed E-state index contributed by atoms with van der Waals surface area (Å²) in [5.74, 6) is -0.939. The summed E-state index contributed by atoms with van der Waals surface area (Å²) in [7, 11) is 0. The van der Waals surface area contributed by atoms with Crippen molar-refractivity contribution in [2.75, 3.05) is 13.1 Å². The van der Waals surface area contributed by atoms with Gasteiger partial charge in [0.25, 0.3) is 5.91 Å². The maximum absolute atomic E-state index is 16.0. The molecule has 9 nitrogen and oxygen atoms in total. The molecule has 5 aliphatic rings. The Bertz CT molecular complexity index is 1520. The fourth-order valence-corrected chi connectivity index (χ4v) is 7.41. The zero-order valence-electron chi connectivity index (χ0n) is 21.3. The van der Waals surface area contributed by atoms with Crippen molar-refractivity contribution in [3.63, 3.8) is 0 Å². The zero-order chi connectivity index (χ0) is 27.2. The van der Waals surface area contributed by atoms with Gasteiger partial charge in [-0.05, 0) is 50.8 Å². The number of benzene rings is 1. The Hall–Kier alpha value is -3.92. The molecule has 1 unspecified atom stereocenters. The number of ether oxygens (including phenoxy) is 1. The number of fused-ring (bicyclic) bond motifs is 2. The lowest BCUT2D eigenvalue weighted by Crippen LogP contribution is -2.41. The number of nitrogens with one attached hydrogen (secondary N) is 1. The number of H-pyrrole nitrogens is 1. The van der Waals surface area contributed by atoms with Crippen molar-refractivity contribution in [2.24, 2.45) is 17.6 Å². The van der Waals surface area contributed by atoms with E-state index in [1.165, 1.54) is 6.07 Å². The summed E-state index contributed by atoms with van der Waals surface area (Å²) in [4.78, 5) is 35.4. The number of aliphatic hydroxyl groups excluding tert-OH is 1. The van der Waals surface area contributed by atoms with Gasteiger partial charge in [-0.3, -0.25) is 14.5 Å². The average Bonchev–Trinajstić information content (AvgIpc) is 3.41. The molecule has 1 amide bonds. The fraction of sp³-hybridized carbons (Fsp3) is 0.414. The minimum absolute atomic E-state index is 0.0226. The van der Waals surface area contributed by atoms with E-state index in [9.17, 15) is 19.8 Å². The third kappa shape index (κ3) is 3.37. The van der Waals surface area contributed by atoms with Gasteiger partial charge in [0.15, 0.2) is 17.1 Å². The van der Waals surface area contributed by atoms with Crippen LogP contribution in [0.2, 0.25) is 0 Å². The predicted molar refractivity (Wildman–Crippen MR) is 137 cm³/mol. The topological polar surface area (TPSA) is 145 Å². The van der Waals surface area contributed by atoms with Crippen LogP contribution in [0, 0.1) is 17.7 Å². The molecule has 0 radical (unpaired) electrons. The van der Waals surface area contributed by atoms with Crippen molar-refractivity contribution in [1.82, 2.24) is 14.9 Å². The number of allylic oxidation sites excluding steroid dienone is 2. The lowest BCUT2D eigenvalue weighted by atomic mass is 9.62. The molecule has 202 valence electrons. The number of aliphatic hydroxyl groups is 1. The van der Waals surface area contributed by atoms with E-state index in [0.29, 0.717) is 35.8 Å². The van der Waals surface area contributed by atoms with Crippen molar-refractivity contribution in [1.29, 1.82) is 0 Å². The van der Waals surface area contributed by atoms with Crippen molar-refractivity contribution in [2.45, 2.75) is 50.2 Å². The van der Waals surface area contributed by atoms with Crippen LogP contribution in [0.4, 0.5) is 4.39 Å². The zero-order valence-corrected chi connectivity index (χ0v) is 21.3. The Morgan fingerprint density at radius 2 is 2.05 bits per heavy atom. The molecule has 2 fully saturated rings. The maximum atomic E-state index is 16.0. The number of halogens is 1. The van der Waals surface area contributed by atoms with Crippen LogP contribution in [-0.4, -0.2) is 55.5 Å². The van der Waals surface area contributed by atoms with E-state index in [1.54, 1.807) is 6.20 Å². The summed E-state index contributed by atoms with van der Waals surface area (Å²) in [6, 6.07) is 1.37. The van der Waals surface area contributed by atoms with E-state index in [0.717, 1.165) is 31.8 Å². The molecule has 1 aromatic heterocycles. The molecule has 0 saturated carbocycles. The van der Waals surface area contributed by atoms with E-state index in [-0.39, 0.29) is 58.5 Å². The highest BCUT2D eigenvalue weighted by atomic mass is 19.1. The van der Waals surface area contributed by atoms with Gasteiger partial charge >= 0.3 is 0 Å². The number of piperidine rings is 1. The number of carbonyl (C=O) groups is 2. The quantitative estimate of drug-likeness (QED) is 0.442. The molecule has 2 aromatic rings. The molecule has 5 N–H and O–H groups in total. The number of aromatic hydroxyl groups is 1. The first-order valence-corrected chi connectivity index (χ1v) is 13.4. The normalized spacial score (nSPS) is 28.4. The highest BCUT2D eigenvalue weighted by Crippen LogP contribution is 2.65. The Morgan fingerprint density at radius 1 is 1.28 bits per heavy atom. The van der Waals surface area contributed by atoms with Crippen LogP contribution in [0.3, 0.4) is 0 Å². The molecule has 1 spiro atoms. The van der Waals surface area contributed by atoms with E-state index in [2.05, 4.69) is 21.4 Å². The molecular formula is C29H29FN4O5. The molecule has 1 aromatic carbocycles. The number of amides is 1. The lowest BCUT2D eigenvalue weighted by molar-refractivity contribution is -0.114. The molecule has 3 aliphatic carbocycles. The Morgan fingerprint density at radius 3 is 2.74 bits per heavy atom. The number of primary amides is 1. The number of aromatic amines is 1. The standard InChI is InChI=1S/C29H29FN4O5/c1-13-21(27(31)38)20(36)11-17-8-15-9-18-23(25(37)22(15)26-29(13,17)39-26)19(35)10-16(24(18)30)12-34-6-2-14(3-7-34)28-32-4-5-33-28/h4-5,10,14-15,17,35-36H,1-3,6-9,11-12H2,(H2,31,38)(H,32,33)/t15?,17-,29-/m0/s1. The molecule has 2 aliphatic heterocycles. The number of imidazole rings is 1. The summed E-state index contributed by atoms with van der Waals surface area (Å²) >= 11 is 0. The van der Waals surface area contributed by atoms with Gasteiger partial charge in [-0.25, -0.2) is 9.37 Å². The average molecular weight is 533 g/mol. The number of Topliss-reactive ketones (excluding diaryl/α,β-unsaturated/α-hetero) is 1. The minimum Gasteiger partial charge on any atom is -0.511 e. The monoisotopic (exact) mass is 532 g/mol. The summed E-state index contributed by atoms with van der Waals surface area (Å²) in [5.41, 5.74) is 5.60. The van der Waals surface area contributed by atoms with Gasteiger partial charge in [-0.2, -0.15) is 0 Å². The number of hydrogen-bond donors (Lipinski definition) is 4. The number of nitrogens with zero attached hydrogens (tertiary/aromatic N) is 2. The van der Waals surface area contributed by atoms with Gasteiger partial charge in [0.1, 0.15) is 23.2 Å². The highest BCUT2D eigenvalue weighted by Gasteiger charge is 2.69. The van der Waals surface area contributed by atoms with Gasteiger partial charge in [-0.1, -0.05) is 6.58 Å². The number of phenolic OH excluding ortho intramolecular Hbond substituents is 1. The number of ketones is 1. The molecule has 2 saturated heterocycles. The van der Waals surface area contributed by atoms with Gasteiger partial charge < -0.3 is 25.7 Å². The summed E-state index contributed by atoms with van der Waals surface area (Å²) < 4.78 is 22.0. The van der Waals surface area contributed by atoms with Crippen LogP contribution in [0.1, 0.15) is 58.9 Å². The Labute approximate surface area is 223 Å². The minimum atomic E-state index is -1.05. The van der Waals surface area contributed by atoms with Crippen LogP contribution in [0.5, 0.6) is 5.75 Å². The maximum Gasteiger partial charge on any atom is 0.252 e. The van der Waals surface area contributed by atoms with Crippen LogP contribution in [-0.2, 0) is 22.5 Å². The SMILES string of the molecule is C=C1C(C(N)=O)=C(O)C[C@@H]2CC3Cc4c(F)c(CN5CCC(c6ncc[nH]6)CC5)cc(O)c4C(=O)C3=C3O[C@]132. The van der Waals surface area contributed by atoms with E-state index >= 15 is 4.39 Å². The number of nitrogens with two attached hydrogens (primary N) is 1. The Balaban J connectivity index is 1.17. The van der Waals surface area contributed by atoms with Crippen LogP contribution in [0.15, 0.2) is 53.3 Å². The first kappa shape index (κ1) is 24.1. The molecule has 7 rings (SSSR count). The lowest BCUT2D eigenvalue weighted by Gasteiger charge is -2.37.